The fourth-order valence-corrected chi connectivity index (χ4v) is 1.74. The molecule has 0 fully saturated rings. The summed E-state index contributed by atoms with van der Waals surface area (Å²) in [5.41, 5.74) is 0. The van der Waals surface area contributed by atoms with Crippen LogP contribution in [0.15, 0.2) is 0 Å². The van der Waals surface area contributed by atoms with Gasteiger partial charge in [-0.25, -0.2) is 0 Å². The molecule has 0 radical (unpaired) electrons. The smallest absolute Gasteiger partial charge is 0.323 e. The van der Waals surface area contributed by atoms with Crippen molar-refractivity contribution in [2.24, 2.45) is 0 Å². The van der Waals surface area contributed by atoms with E-state index in [4.69, 9.17) is 9.47 Å². The summed E-state index contributed by atoms with van der Waals surface area (Å²) in [6.45, 7) is 11.5. The Bertz CT molecular complexity index is 235. The largest absolute Gasteiger partial charge is 0.465 e. The third-order valence-electron chi connectivity index (χ3n) is 2.73. The molecule has 0 aliphatic heterocycles. The minimum Gasteiger partial charge on any atom is -0.465 e. The Balaban J connectivity index is 4.06. The Morgan fingerprint density at radius 2 is 1.89 bits per heavy atom. The van der Waals surface area contributed by atoms with Gasteiger partial charge in [0, 0.05) is 19.2 Å². The van der Waals surface area contributed by atoms with Crippen LogP contribution < -0.4 is 5.32 Å². The molecule has 0 heterocycles. The zero-order chi connectivity index (χ0) is 14.7. The van der Waals surface area contributed by atoms with Crippen molar-refractivity contribution in [1.29, 1.82) is 0 Å². The monoisotopic (exact) mass is 274 g/mol. The topological polar surface area (TPSA) is 50.8 Å². The Hall–Kier alpha value is -0.650. The summed E-state index contributed by atoms with van der Waals surface area (Å²) < 4.78 is 10.4. The fraction of sp³-hybridized carbons (Fsp3) is 0.929. The quantitative estimate of drug-likeness (QED) is 0.454. The average Bonchev–Trinajstić information content (AvgIpc) is 2.34. The zero-order valence-corrected chi connectivity index (χ0v) is 13.1. The molecule has 1 unspecified atom stereocenters. The van der Waals surface area contributed by atoms with Crippen LogP contribution in [0.3, 0.4) is 0 Å². The molecule has 0 saturated carbocycles. The first-order valence-corrected chi connectivity index (χ1v) is 7.20. The predicted octanol–water partition coefficient (Wildman–Crippen LogP) is 1.27. The Kier molecular flexibility index (Phi) is 10.8. The number of rotatable bonds is 11. The normalized spacial score (nSPS) is 13.0. The van der Waals surface area contributed by atoms with E-state index in [0.29, 0.717) is 6.61 Å². The summed E-state index contributed by atoms with van der Waals surface area (Å²) in [5.74, 6) is -0.158. The molecule has 1 atom stereocenters. The number of nitrogens with zero attached hydrogens (tertiary/aromatic N) is 1. The second kappa shape index (κ2) is 11.2. The Morgan fingerprint density at radius 1 is 1.21 bits per heavy atom. The molecule has 19 heavy (non-hydrogen) atoms. The molecular weight excluding hydrogens is 244 g/mol. The summed E-state index contributed by atoms with van der Waals surface area (Å²) in [6, 6.07) is 0.0395. The van der Waals surface area contributed by atoms with Gasteiger partial charge in [-0.15, -0.1) is 0 Å². The maximum Gasteiger partial charge on any atom is 0.323 e. The highest BCUT2D eigenvalue weighted by molar-refractivity contribution is 5.75. The lowest BCUT2D eigenvalue weighted by Gasteiger charge is -2.23. The first-order valence-electron chi connectivity index (χ1n) is 7.20. The van der Waals surface area contributed by atoms with Crippen LogP contribution in [0.4, 0.5) is 0 Å². The standard InChI is InChI=1S/C14H30N2O3/c1-6-18-11-10-16(5)9-8-13(15-12(3)4)14(17)19-7-2/h12-13,15H,6-11H2,1-5H3. The molecule has 1 N–H and O–H groups in total. The third kappa shape index (κ3) is 9.87. The molecule has 114 valence electrons. The number of ether oxygens (including phenoxy) is 2. The van der Waals surface area contributed by atoms with Crippen molar-refractivity contribution in [2.45, 2.75) is 46.2 Å². The van der Waals surface area contributed by atoms with Gasteiger partial charge in [-0.1, -0.05) is 13.8 Å². The van der Waals surface area contributed by atoms with Crippen LogP contribution in [-0.4, -0.2) is 62.9 Å². The highest BCUT2D eigenvalue weighted by Gasteiger charge is 2.20. The first-order chi connectivity index (χ1) is 9.01. The molecule has 0 aromatic rings. The second-order valence-corrected chi connectivity index (χ2v) is 4.91. The molecule has 5 heteroatoms. The predicted molar refractivity (Wildman–Crippen MR) is 77.3 cm³/mol. The van der Waals surface area contributed by atoms with Crippen molar-refractivity contribution in [1.82, 2.24) is 10.2 Å². The van der Waals surface area contributed by atoms with E-state index in [9.17, 15) is 4.79 Å². The molecular formula is C14H30N2O3. The summed E-state index contributed by atoms with van der Waals surface area (Å²) in [4.78, 5) is 14.0. The lowest BCUT2D eigenvalue weighted by atomic mass is 10.1. The van der Waals surface area contributed by atoms with Crippen LogP contribution in [0.1, 0.15) is 34.1 Å². The number of nitrogens with one attached hydrogen (secondary N) is 1. The lowest BCUT2D eigenvalue weighted by Crippen LogP contribution is -2.44. The first kappa shape index (κ1) is 18.4. The molecule has 0 aromatic heterocycles. The molecule has 0 saturated heterocycles. The van der Waals surface area contributed by atoms with E-state index in [0.717, 1.165) is 32.7 Å². The molecule has 0 bridgehead atoms. The van der Waals surface area contributed by atoms with E-state index in [1.807, 2.05) is 34.7 Å². The van der Waals surface area contributed by atoms with Crippen LogP contribution in [0.25, 0.3) is 0 Å². The Labute approximate surface area is 117 Å². The highest BCUT2D eigenvalue weighted by atomic mass is 16.5. The maximum atomic E-state index is 11.8. The zero-order valence-electron chi connectivity index (χ0n) is 13.1. The van der Waals surface area contributed by atoms with Gasteiger partial charge < -0.3 is 19.7 Å². The van der Waals surface area contributed by atoms with Crippen LogP contribution in [0.2, 0.25) is 0 Å². The number of carbonyl (C=O) groups is 1. The van der Waals surface area contributed by atoms with Gasteiger partial charge in [0.2, 0.25) is 0 Å². The van der Waals surface area contributed by atoms with Gasteiger partial charge >= 0.3 is 5.97 Å². The van der Waals surface area contributed by atoms with Gasteiger partial charge in [0.05, 0.1) is 13.2 Å². The Morgan fingerprint density at radius 3 is 2.42 bits per heavy atom. The summed E-state index contributed by atoms with van der Waals surface area (Å²) in [7, 11) is 2.04. The molecule has 0 aliphatic carbocycles. The van der Waals surface area contributed by atoms with Gasteiger partial charge in [0.25, 0.3) is 0 Å². The van der Waals surface area contributed by atoms with Gasteiger partial charge in [0.15, 0.2) is 0 Å². The highest BCUT2D eigenvalue weighted by Crippen LogP contribution is 2.00. The van der Waals surface area contributed by atoms with Crippen molar-refractivity contribution in [2.75, 3.05) is 40.0 Å². The SMILES string of the molecule is CCOCCN(C)CCC(NC(C)C)C(=O)OCC. The maximum absolute atomic E-state index is 11.8. The van der Waals surface area contributed by atoms with Crippen molar-refractivity contribution in [3.8, 4) is 0 Å². The lowest BCUT2D eigenvalue weighted by molar-refractivity contribution is -0.146. The van der Waals surface area contributed by atoms with Crippen molar-refractivity contribution in [3.63, 3.8) is 0 Å². The van der Waals surface area contributed by atoms with Gasteiger partial charge in [-0.2, -0.15) is 0 Å². The van der Waals surface area contributed by atoms with E-state index in [1.54, 1.807) is 0 Å². The van der Waals surface area contributed by atoms with E-state index < -0.39 is 0 Å². The van der Waals surface area contributed by atoms with Crippen LogP contribution >= 0.6 is 0 Å². The van der Waals surface area contributed by atoms with Gasteiger partial charge in [-0.3, -0.25) is 4.79 Å². The molecule has 0 amide bonds. The summed E-state index contributed by atoms with van der Waals surface area (Å²) in [5, 5.41) is 3.25. The van der Waals surface area contributed by atoms with Crippen molar-refractivity contribution < 1.29 is 14.3 Å². The minimum atomic E-state index is -0.227. The summed E-state index contributed by atoms with van der Waals surface area (Å²) >= 11 is 0. The fourth-order valence-electron chi connectivity index (χ4n) is 1.74. The minimum absolute atomic E-state index is 0.158. The molecule has 0 aliphatic rings. The third-order valence-corrected chi connectivity index (χ3v) is 2.73. The van der Waals surface area contributed by atoms with E-state index in [-0.39, 0.29) is 18.1 Å². The van der Waals surface area contributed by atoms with E-state index in [1.165, 1.54) is 0 Å². The molecule has 0 spiro atoms. The van der Waals surface area contributed by atoms with Crippen LogP contribution in [0, 0.1) is 0 Å². The molecule has 0 rings (SSSR count). The average molecular weight is 274 g/mol. The number of hydrogen-bond acceptors (Lipinski definition) is 5. The number of esters is 1. The van der Waals surface area contributed by atoms with E-state index >= 15 is 0 Å². The van der Waals surface area contributed by atoms with Crippen molar-refractivity contribution in [3.05, 3.63) is 0 Å². The van der Waals surface area contributed by atoms with E-state index in [2.05, 4.69) is 10.2 Å². The van der Waals surface area contributed by atoms with Gasteiger partial charge in [-0.05, 0) is 33.9 Å². The number of carbonyl (C=O) groups excluding carboxylic acids is 1. The number of likely N-dealkylation sites (N-methyl/N-ethyl adjacent to an activating group) is 1. The molecule has 0 aromatic carbocycles. The summed E-state index contributed by atoms with van der Waals surface area (Å²) in [6.07, 6.45) is 0.750. The van der Waals surface area contributed by atoms with Crippen molar-refractivity contribution >= 4 is 5.97 Å². The van der Waals surface area contributed by atoms with Gasteiger partial charge in [0.1, 0.15) is 6.04 Å². The van der Waals surface area contributed by atoms with Crippen LogP contribution in [0.5, 0.6) is 0 Å². The second-order valence-electron chi connectivity index (χ2n) is 4.91. The number of hydrogen-bond donors (Lipinski definition) is 1. The van der Waals surface area contributed by atoms with Crippen LogP contribution in [-0.2, 0) is 14.3 Å². The molecule has 5 nitrogen and oxygen atoms in total.